The minimum atomic E-state index is -0.707. The number of rotatable bonds is 10. The lowest BCUT2D eigenvalue weighted by Gasteiger charge is -2.32. The number of hydrogen-bond acceptors (Lipinski definition) is 3. The third-order valence-electron chi connectivity index (χ3n) is 6.41. The van der Waals surface area contributed by atoms with Gasteiger partial charge in [0.1, 0.15) is 17.6 Å². The predicted octanol–water partition coefficient (Wildman–Crippen LogP) is 5.67. The van der Waals surface area contributed by atoms with Crippen LogP contribution in [0.25, 0.3) is 0 Å². The van der Waals surface area contributed by atoms with Crippen LogP contribution in [-0.2, 0) is 22.6 Å². The summed E-state index contributed by atoms with van der Waals surface area (Å²) in [7, 11) is 0. The van der Waals surface area contributed by atoms with Gasteiger partial charge in [0, 0.05) is 23.5 Å². The molecule has 1 unspecified atom stereocenters. The summed E-state index contributed by atoms with van der Waals surface area (Å²) < 4.78 is 19.9. The second-order valence-corrected chi connectivity index (χ2v) is 10.0. The molecule has 0 spiro atoms. The van der Waals surface area contributed by atoms with Gasteiger partial charge in [-0.15, -0.1) is 0 Å². The van der Waals surface area contributed by atoms with E-state index in [-0.39, 0.29) is 36.8 Å². The Hall–Kier alpha value is -3.19. The Kier molecular flexibility index (Phi) is 9.11. The second-order valence-electron chi connectivity index (χ2n) is 9.09. The monoisotopic (exact) mass is 552 g/mol. The fourth-order valence-corrected chi connectivity index (χ4v) is 4.73. The fraction of sp³-hybridized carbons (Fsp3) is 0.310. The smallest absolute Gasteiger partial charge is 0.261 e. The lowest BCUT2D eigenvalue weighted by molar-refractivity contribution is -0.143. The minimum absolute atomic E-state index is 0.135. The maximum absolute atomic E-state index is 13.6. The van der Waals surface area contributed by atoms with E-state index in [2.05, 4.69) is 21.2 Å². The summed E-state index contributed by atoms with van der Waals surface area (Å²) in [5.41, 5.74) is 1.87. The Morgan fingerprint density at radius 2 is 1.61 bits per heavy atom. The van der Waals surface area contributed by atoms with Crippen molar-refractivity contribution in [3.8, 4) is 5.75 Å². The molecule has 0 saturated heterocycles. The molecule has 1 aliphatic carbocycles. The van der Waals surface area contributed by atoms with Gasteiger partial charge in [-0.25, -0.2) is 4.39 Å². The largest absolute Gasteiger partial charge is 0.484 e. The van der Waals surface area contributed by atoms with E-state index in [1.54, 1.807) is 4.90 Å². The third-order valence-corrected chi connectivity index (χ3v) is 6.94. The number of carbonyl (C=O) groups excluding carboxylic acids is 2. The number of nitrogens with zero attached hydrogens (tertiary/aromatic N) is 1. The molecule has 0 aliphatic heterocycles. The van der Waals surface area contributed by atoms with Crippen LogP contribution in [0.3, 0.4) is 0 Å². The van der Waals surface area contributed by atoms with E-state index in [9.17, 15) is 14.0 Å². The molecule has 0 bridgehead atoms. The van der Waals surface area contributed by atoms with Gasteiger partial charge in [-0.05, 0) is 60.4 Å². The predicted molar refractivity (Wildman–Crippen MR) is 141 cm³/mol. The van der Waals surface area contributed by atoms with Gasteiger partial charge < -0.3 is 15.0 Å². The molecule has 1 atom stereocenters. The first-order chi connectivity index (χ1) is 17.5. The molecular formula is C29H30BrFN2O3. The van der Waals surface area contributed by atoms with Gasteiger partial charge in [-0.2, -0.15) is 0 Å². The van der Waals surface area contributed by atoms with Crippen LogP contribution in [0.5, 0.6) is 5.75 Å². The van der Waals surface area contributed by atoms with Gasteiger partial charge in [0.15, 0.2) is 6.61 Å². The number of nitrogens with one attached hydrogen (secondary N) is 1. The number of amides is 2. The van der Waals surface area contributed by atoms with Crippen LogP contribution in [0.15, 0.2) is 83.3 Å². The first-order valence-electron chi connectivity index (χ1n) is 12.2. The van der Waals surface area contributed by atoms with E-state index in [0.717, 1.165) is 41.3 Å². The number of ether oxygens (including phenoxy) is 1. The van der Waals surface area contributed by atoms with E-state index in [4.69, 9.17) is 4.74 Å². The number of halogens is 2. The van der Waals surface area contributed by atoms with Gasteiger partial charge in [-0.1, -0.05) is 71.2 Å². The van der Waals surface area contributed by atoms with Crippen molar-refractivity contribution in [3.05, 3.63) is 100 Å². The van der Waals surface area contributed by atoms with Gasteiger partial charge in [0.25, 0.3) is 5.91 Å². The molecule has 36 heavy (non-hydrogen) atoms. The molecule has 1 aliphatic rings. The van der Waals surface area contributed by atoms with Gasteiger partial charge in [0.05, 0.1) is 0 Å². The van der Waals surface area contributed by atoms with Gasteiger partial charge >= 0.3 is 0 Å². The summed E-state index contributed by atoms with van der Waals surface area (Å²) in [6.07, 6.45) is 4.50. The molecule has 1 fully saturated rings. The van der Waals surface area contributed by atoms with E-state index in [1.807, 2.05) is 54.6 Å². The van der Waals surface area contributed by atoms with Gasteiger partial charge in [0.2, 0.25) is 5.91 Å². The molecule has 1 N–H and O–H groups in total. The van der Waals surface area contributed by atoms with E-state index in [0.29, 0.717) is 12.2 Å². The summed E-state index contributed by atoms with van der Waals surface area (Å²) in [5.74, 6) is -0.455. The molecule has 0 heterocycles. The summed E-state index contributed by atoms with van der Waals surface area (Å²) >= 11 is 3.45. The topological polar surface area (TPSA) is 58.6 Å². The lowest BCUT2D eigenvalue weighted by Crippen LogP contribution is -2.53. The fourth-order valence-electron chi connectivity index (χ4n) is 4.47. The normalized spacial score (nSPS) is 14.3. The van der Waals surface area contributed by atoms with E-state index >= 15 is 0 Å². The molecule has 3 aromatic carbocycles. The van der Waals surface area contributed by atoms with Crippen molar-refractivity contribution in [2.75, 3.05) is 6.61 Å². The molecule has 0 radical (unpaired) electrons. The number of carbonyl (C=O) groups is 2. The van der Waals surface area contributed by atoms with Crippen LogP contribution in [0.1, 0.15) is 36.8 Å². The van der Waals surface area contributed by atoms with E-state index in [1.165, 1.54) is 24.3 Å². The summed E-state index contributed by atoms with van der Waals surface area (Å²) in [6.45, 7) is -0.00135. The van der Waals surface area contributed by atoms with E-state index < -0.39 is 6.04 Å². The van der Waals surface area contributed by atoms with Crippen LogP contribution in [0, 0.1) is 5.82 Å². The van der Waals surface area contributed by atoms with Crippen molar-refractivity contribution in [1.29, 1.82) is 0 Å². The molecular weight excluding hydrogens is 523 g/mol. The molecule has 188 valence electrons. The Morgan fingerprint density at radius 1 is 0.944 bits per heavy atom. The average molecular weight is 553 g/mol. The van der Waals surface area contributed by atoms with Crippen LogP contribution in [-0.4, -0.2) is 35.4 Å². The highest BCUT2D eigenvalue weighted by Crippen LogP contribution is 2.21. The highest BCUT2D eigenvalue weighted by molar-refractivity contribution is 9.10. The number of hydrogen-bond donors (Lipinski definition) is 1. The van der Waals surface area contributed by atoms with Crippen LogP contribution in [0.4, 0.5) is 4.39 Å². The zero-order valence-corrected chi connectivity index (χ0v) is 21.6. The van der Waals surface area contributed by atoms with Crippen LogP contribution >= 0.6 is 15.9 Å². The van der Waals surface area contributed by atoms with Crippen molar-refractivity contribution in [2.24, 2.45) is 0 Å². The number of benzene rings is 3. The Bertz CT molecular complexity index is 1130. The molecule has 5 nitrogen and oxygen atoms in total. The minimum Gasteiger partial charge on any atom is -0.484 e. The van der Waals surface area contributed by atoms with Crippen molar-refractivity contribution in [3.63, 3.8) is 0 Å². The van der Waals surface area contributed by atoms with Crippen LogP contribution < -0.4 is 10.1 Å². The van der Waals surface area contributed by atoms with Crippen LogP contribution in [0.2, 0.25) is 0 Å². The second kappa shape index (κ2) is 12.7. The van der Waals surface area contributed by atoms with Crippen molar-refractivity contribution in [1.82, 2.24) is 10.2 Å². The Morgan fingerprint density at radius 3 is 2.28 bits per heavy atom. The van der Waals surface area contributed by atoms with Crippen molar-refractivity contribution in [2.45, 2.75) is 50.7 Å². The summed E-state index contributed by atoms with van der Waals surface area (Å²) in [5, 5.41) is 3.19. The maximum Gasteiger partial charge on any atom is 0.261 e. The zero-order chi connectivity index (χ0) is 25.3. The molecule has 3 aromatic rings. The maximum atomic E-state index is 13.6. The van der Waals surface area contributed by atoms with Gasteiger partial charge in [-0.3, -0.25) is 9.59 Å². The standard InChI is InChI=1S/C29H30BrFN2O3/c30-23-12-10-22(11-13-23)19-33(28(34)20-36-26-16-14-24(31)15-17-26)27(18-21-6-2-1-3-7-21)29(35)32-25-8-4-5-9-25/h1-3,6-7,10-17,25,27H,4-5,8-9,18-20H2,(H,32,35). The SMILES string of the molecule is O=C(NC1CCCC1)C(Cc1ccccc1)N(Cc1ccc(Br)cc1)C(=O)COc1ccc(F)cc1. The molecule has 1 saturated carbocycles. The summed E-state index contributed by atoms with van der Waals surface area (Å²) in [6, 6.07) is 22.4. The quantitative estimate of drug-likeness (QED) is 0.352. The average Bonchev–Trinajstić information content (AvgIpc) is 3.40. The molecule has 0 aromatic heterocycles. The molecule has 7 heteroatoms. The Balaban J connectivity index is 1.59. The van der Waals surface area contributed by atoms with Crippen molar-refractivity contribution >= 4 is 27.7 Å². The summed E-state index contributed by atoms with van der Waals surface area (Å²) in [4.78, 5) is 28.8. The Labute approximate surface area is 219 Å². The zero-order valence-electron chi connectivity index (χ0n) is 20.0. The molecule has 4 rings (SSSR count). The highest BCUT2D eigenvalue weighted by atomic mass is 79.9. The first-order valence-corrected chi connectivity index (χ1v) is 13.0. The lowest BCUT2D eigenvalue weighted by atomic mass is 10.0. The first kappa shape index (κ1) is 25.9. The highest BCUT2D eigenvalue weighted by Gasteiger charge is 2.32. The van der Waals surface area contributed by atoms with Crippen molar-refractivity contribution < 1.29 is 18.7 Å². The third kappa shape index (κ3) is 7.40. The molecule has 2 amide bonds.